The maximum Gasteiger partial charge on any atom is 0.322 e. The molecule has 7 heteroatoms. The van der Waals surface area contributed by atoms with Gasteiger partial charge in [-0.3, -0.25) is 4.79 Å². The summed E-state index contributed by atoms with van der Waals surface area (Å²) in [7, 11) is -0.541. The zero-order chi connectivity index (χ0) is 15.4. The number of halogens is 1. The summed E-state index contributed by atoms with van der Waals surface area (Å²) in [6.07, 6.45) is 3.58. The first-order chi connectivity index (χ1) is 9.56. The van der Waals surface area contributed by atoms with E-state index in [0.29, 0.717) is 18.9 Å². The van der Waals surface area contributed by atoms with Crippen LogP contribution < -0.4 is 5.32 Å². The molecule has 0 rings (SSSR count). The lowest BCUT2D eigenvalue weighted by atomic mass is 10.2. The predicted octanol–water partition coefficient (Wildman–Crippen LogP) is 2.47. The molecule has 0 radical (unpaired) electrons. The highest BCUT2D eigenvalue weighted by atomic mass is 35.5. The number of rotatable bonds is 12. The summed E-state index contributed by atoms with van der Waals surface area (Å²) in [4.78, 5) is 11.8. The Morgan fingerprint density at radius 1 is 1.40 bits per heavy atom. The molecule has 3 atom stereocenters. The SMILES string of the molecule is CCCCCNC(CC(OCCCl)[PH](C)=O)C(=O)OC. The first kappa shape index (κ1) is 19.9. The Labute approximate surface area is 127 Å². The lowest BCUT2D eigenvalue weighted by Gasteiger charge is -2.22. The Hall–Kier alpha value is -0.0900. The number of esters is 1. The minimum atomic E-state index is -1.89. The number of carbonyl (C=O) groups is 1. The van der Waals surface area contributed by atoms with E-state index < -0.39 is 19.7 Å². The summed E-state index contributed by atoms with van der Waals surface area (Å²) in [5.74, 6) is -0.441. The molecule has 0 saturated carbocycles. The van der Waals surface area contributed by atoms with Crippen molar-refractivity contribution >= 4 is 25.4 Å². The average Bonchev–Trinajstić information content (AvgIpc) is 2.44. The van der Waals surface area contributed by atoms with Crippen LogP contribution in [0.3, 0.4) is 0 Å². The number of nitrogens with one attached hydrogen (secondary N) is 1. The van der Waals surface area contributed by atoms with Crippen molar-refractivity contribution in [3.05, 3.63) is 0 Å². The zero-order valence-corrected chi connectivity index (χ0v) is 14.4. The molecule has 0 fully saturated rings. The number of ether oxygens (including phenoxy) is 2. The predicted molar refractivity (Wildman–Crippen MR) is 83.3 cm³/mol. The van der Waals surface area contributed by atoms with E-state index in [2.05, 4.69) is 12.2 Å². The quantitative estimate of drug-likeness (QED) is 0.258. The summed E-state index contributed by atoms with van der Waals surface area (Å²) in [6, 6.07) is -0.480. The van der Waals surface area contributed by atoms with E-state index in [-0.39, 0.29) is 5.97 Å². The van der Waals surface area contributed by atoms with Gasteiger partial charge in [-0.1, -0.05) is 19.8 Å². The third kappa shape index (κ3) is 8.96. The second kappa shape index (κ2) is 12.6. The molecule has 0 aromatic heterocycles. The molecule has 0 aliphatic carbocycles. The first-order valence-electron chi connectivity index (χ1n) is 7.06. The third-order valence-electron chi connectivity index (χ3n) is 2.96. The van der Waals surface area contributed by atoms with Crippen molar-refractivity contribution in [1.29, 1.82) is 0 Å². The van der Waals surface area contributed by atoms with E-state index in [0.717, 1.165) is 25.8 Å². The van der Waals surface area contributed by atoms with Crippen LogP contribution in [0.25, 0.3) is 0 Å². The molecule has 0 aliphatic heterocycles. The molecular formula is C13H27ClNO4P. The fourth-order valence-corrected chi connectivity index (χ4v) is 2.82. The second-order valence-corrected chi connectivity index (χ2v) is 6.87. The van der Waals surface area contributed by atoms with Crippen molar-refractivity contribution in [2.75, 3.05) is 32.8 Å². The van der Waals surface area contributed by atoms with Crippen molar-refractivity contribution in [3.8, 4) is 0 Å². The summed E-state index contributed by atoms with van der Waals surface area (Å²) in [5.41, 5.74) is 0. The molecule has 0 aromatic carbocycles. The highest BCUT2D eigenvalue weighted by molar-refractivity contribution is 7.44. The standard InChI is InChI=1S/C13H27ClNO4P/c1-4-5-6-8-15-11(13(16)18-2)10-12(20(3)17)19-9-7-14/h11-12,15,20H,4-10H2,1-3H3. The fraction of sp³-hybridized carbons (Fsp3) is 0.923. The lowest BCUT2D eigenvalue weighted by Crippen LogP contribution is -2.40. The van der Waals surface area contributed by atoms with Crippen LogP contribution in [0.5, 0.6) is 0 Å². The van der Waals surface area contributed by atoms with Gasteiger partial charge >= 0.3 is 5.97 Å². The maximum absolute atomic E-state index is 11.8. The number of alkyl halides is 1. The van der Waals surface area contributed by atoms with Crippen molar-refractivity contribution in [1.82, 2.24) is 5.32 Å². The number of hydrogen-bond donors (Lipinski definition) is 1. The van der Waals surface area contributed by atoms with Crippen LogP contribution in [0.4, 0.5) is 0 Å². The summed E-state index contributed by atoms with van der Waals surface area (Å²) < 4.78 is 21.9. The highest BCUT2D eigenvalue weighted by Gasteiger charge is 2.25. The van der Waals surface area contributed by atoms with E-state index in [1.165, 1.54) is 7.11 Å². The molecule has 1 N–H and O–H groups in total. The summed E-state index contributed by atoms with van der Waals surface area (Å²) in [6.45, 7) is 4.83. The van der Waals surface area contributed by atoms with Crippen LogP contribution in [0, 0.1) is 0 Å². The van der Waals surface area contributed by atoms with Crippen molar-refractivity contribution < 1.29 is 18.8 Å². The Balaban J connectivity index is 4.42. The molecule has 0 aliphatic rings. The van der Waals surface area contributed by atoms with Gasteiger partial charge in [0.1, 0.15) is 19.7 Å². The van der Waals surface area contributed by atoms with E-state index >= 15 is 0 Å². The highest BCUT2D eigenvalue weighted by Crippen LogP contribution is 2.28. The Bertz CT molecular complexity index is 292. The van der Waals surface area contributed by atoms with Crippen LogP contribution in [0.15, 0.2) is 0 Å². The van der Waals surface area contributed by atoms with Gasteiger partial charge in [0.15, 0.2) is 0 Å². The van der Waals surface area contributed by atoms with E-state index in [9.17, 15) is 9.36 Å². The van der Waals surface area contributed by atoms with Crippen LogP contribution in [-0.4, -0.2) is 50.7 Å². The van der Waals surface area contributed by atoms with E-state index in [4.69, 9.17) is 21.1 Å². The van der Waals surface area contributed by atoms with Crippen LogP contribution in [-0.2, 0) is 18.8 Å². The lowest BCUT2D eigenvalue weighted by molar-refractivity contribution is -0.143. The Morgan fingerprint density at radius 3 is 2.60 bits per heavy atom. The molecule has 3 unspecified atom stereocenters. The molecule has 20 heavy (non-hydrogen) atoms. The van der Waals surface area contributed by atoms with Crippen molar-refractivity contribution in [2.45, 2.75) is 44.5 Å². The number of hydrogen-bond acceptors (Lipinski definition) is 5. The van der Waals surface area contributed by atoms with Gasteiger partial charge in [-0.25, -0.2) is 0 Å². The normalized spacial score (nSPS) is 15.6. The molecule has 0 spiro atoms. The third-order valence-corrected chi connectivity index (χ3v) is 4.42. The molecule has 0 amide bonds. The molecule has 0 aromatic rings. The summed E-state index contributed by atoms with van der Waals surface area (Å²) >= 11 is 5.57. The zero-order valence-electron chi connectivity index (χ0n) is 12.6. The van der Waals surface area contributed by atoms with Gasteiger partial charge in [-0.2, -0.15) is 0 Å². The number of unbranched alkanes of at least 4 members (excludes halogenated alkanes) is 2. The maximum atomic E-state index is 11.8. The Kier molecular flexibility index (Phi) is 12.6. The molecular weight excluding hydrogens is 301 g/mol. The van der Waals surface area contributed by atoms with Crippen LogP contribution in [0.2, 0.25) is 0 Å². The van der Waals surface area contributed by atoms with E-state index in [1.807, 2.05) is 0 Å². The minimum absolute atomic E-state index is 0.334. The molecule has 0 heterocycles. The van der Waals surface area contributed by atoms with Crippen molar-refractivity contribution in [3.63, 3.8) is 0 Å². The van der Waals surface area contributed by atoms with Gasteiger partial charge in [0.05, 0.1) is 13.7 Å². The minimum Gasteiger partial charge on any atom is -0.468 e. The van der Waals surface area contributed by atoms with Crippen LogP contribution >= 0.6 is 19.4 Å². The molecule has 0 saturated heterocycles. The molecule has 5 nitrogen and oxygen atoms in total. The van der Waals surface area contributed by atoms with Crippen molar-refractivity contribution in [2.24, 2.45) is 0 Å². The topological polar surface area (TPSA) is 64.6 Å². The van der Waals surface area contributed by atoms with Gasteiger partial charge in [0, 0.05) is 12.3 Å². The van der Waals surface area contributed by atoms with Crippen LogP contribution in [0.1, 0.15) is 32.6 Å². The number of carbonyl (C=O) groups excluding carboxylic acids is 1. The summed E-state index contributed by atoms with van der Waals surface area (Å²) in [5, 5.41) is 3.16. The smallest absolute Gasteiger partial charge is 0.322 e. The molecule has 0 bridgehead atoms. The van der Waals surface area contributed by atoms with Gasteiger partial charge in [-0.05, 0) is 19.6 Å². The van der Waals surface area contributed by atoms with Gasteiger partial charge in [0.25, 0.3) is 0 Å². The van der Waals surface area contributed by atoms with E-state index in [1.54, 1.807) is 6.66 Å². The average molecular weight is 328 g/mol. The number of methoxy groups -OCH3 is 1. The molecule has 120 valence electrons. The van der Waals surface area contributed by atoms with Gasteiger partial charge in [0.2, 0.25) is 0 Å². The van der Waals surface area contributed by atoms with Gasteiger partial charge < -0.3 is 19.4 Å². The largest absolute Gasteiger partial charge is 0.468 e. The van der Waals surface area contributed by atoms with Gasteiger partial charge in [-0.15, -0.1) is 11.6 Å². The monoisotopic (exact) mass is 327 g/mol. The fourth-order valence-electron chi connectivity index (χ4n) is 1.81. The first-order valence-corrected chi connectivity index (χ1v) is 9.58. The second-order valence-electron chi connectivity index (χ2n) is 4.63. The Morgan fingerprint density at radius 2 is 2.10 bits per heavy atom.